The molecule has 0 saturated carbocycles. The highest BCUT2D eigenvalue weighted by Gasteiger charge is 2.19. The maximum Gasteiger partial charge on any atom is 0.228 e. The molecule has 2 aromatic heterocycles. The molecule has 0 unspecified atom stereocenters. The van der Waals surface area contributed by atoms with Crippen LogP contribution in [0.3, 0.4) is 0 Å². The largest absolute Gasteiger partial charge is 0.438 e. The van der Waals surface area contributed by atoms with Crippen molar-refractivity contribution in [3.05, 3.63) is 90.5 Å². The number of fused-ring (bicyclic) bond motifs is 3. The normalized spacial score (nSPS) is 11.3. The number of benzene rings is 3. The van der Waals surface area contributed by atoms with Crippen LogP contribution < -0.4 is 0 Å². The number of hydrogen-bond donors (Lipinski definition) is 0. The van der Waals surface area contributed by atoms with Crippen molar-refractivity contribution in [1.29, 1.82) is 0 Å². The molecule has 0 aliphatic rings. The second kappa shape index (κ2) is 5.85. The number of rotatable bonds is 2. The van der Waals surface area contributed by atoms with Gasteiger partial charge < -0.3 is 4.42 Å². The number of nitrogens with zero attached hydrogens (tertiary/aromatic N) is 1. The molecular formula is C24H17NO. The molecule has 2 heteroatoms. The van der Waals surface area contributed by atoms with E-state index in [0.29, 0.717) is 5.71 Å². The Labute approximate surface area is 151 Å². The molecule has 3 aromatic carbocycles. The fourth-order valence-corrected chi connectivity index (χ4v) is 3.70. The van der Waals surface area contributed by atoms with Crippen LogP contribution in [0.15, 0.2) is 89.3 Å². The topological polar surface area (TPSA) is 26.0 Å². The van der Waals surface area contributed by atoms with Crippen LogP contribution in [0.2, 0.25) is 0 Å². The van der Waals surface area contributed by atoms with E-state index in [1.54, 1.807) is 0 Å². The average molecular weight is 335 g/mol. The molecule has 5 rings (SSSR count). The maximum atomic E-state index is 6.08. The van der Waals surface area contributed by atoms with Crippen molar-refractivity contribution in [2.45, 2.75) is 6.92 Å². The highest BCUT2D eigenvalue weighted by Crippen LogP contribution is 2.40. The summed E-state index contributed by atoms with van der Waals surface area (Å²) in [5.74, 6) is 0. The summed E-state index contributed by atoms with van der Waals surface area (Å²) in [5.41, 5.74) is 7.16. The van der Waals surface area contributed by atoms with Gasteiger partial charge in [-0.2, -0.15) is 0 Å². The van der Waals surface area contributed by atoms with Crippen LogP contribution in [0, 0.1) is 6.92 Å². The van der Waals surface area contributed by atoms with E-state index in [1.165, 1.54) is 11.1 Å². The third-order valence-corrected chi connectivity index (χ3v) is 4.89. The van der Waals surface area contributed by atoms with Crippen LogP contribution in [0.5, 0.6) is 0 Å². The summed E-state index contributed by atoms with van der Waals surface area (Å²) in [7, 11) is 0. The van der Waals surface area contributed by atoms with Crippen molar-refractivity contribution >= 4 is 22.1 Å². The molecule has 0 N–H and O–H groups in total. The zero-order chi connectivity index (χ0) is 17.5. The van der Waals surface area contributed by atoms with Crippen molar-refractivity contribution in [3.8, 4) is 22.4 Å². The smallest absolute Gasteiger partial charge is 0.228 e. The Morgan fingerprint density at radius 2 is 1.31 bits per heavy atom. The summed E-state index contributed by atoms with van der Waals surface area (Å²) < 4.78 is 6.08. The average Bonchev–Trinajstić information content (AvgIpc) is 3.08. The van der Waals surface area contributed by atoms with Crippen molar-refractivity contribution < 1.29 is 4.42 Å². The zero-order valence-electron chi connectivity index (χ0n) is 14.4. The molecule has 0 saturated heterocycles. The van der Waals surface area contributed by atoms with Crippen LogP contribution in [-0.4, -0.2) is 4.98 Å². The summed E-state index contributed by atoms with van der Waals surface area (Å²) in [4.78, 5) is 4.95. The molecule has 5 aromatic rings. The van der Waals surface area contributed by atoms with Crippen molar-refractivity contribution in [3.63, 3.8) is 0 Å². The van der Waals surface area contributed by atoms with E-state index in [4.69, 9.17) is 9.40 Å². The Kier molecular flexibility index (Phi) is 3.36. The summed E-state index contributed by atoms with van der Waals surface area (Å²) >= 11 is 0. The first kappa shape index (κ1) is 14.9. The minimum absolute atomic E-state index is 0.697. The Morgan fingerprint density at radius 3 is 2.04 bits per heavy atom. The van der Waals surface area contributed by atoms with Crippen molar-refractivity contribution in [1.82, 2.24) is 4.98 Å². The number of furan rings is 1. The molecular weight excluding hydrogens is 318 g/mol. The van der Waals surface area contributed by atoms with Gasteiger partial charge in [-0.1, -0.05) is 78.9 Å². The van der Waals surface area contributed by atoms with E-state index in [-0.39, 0.29) is 0 Å². The predicted octanol–water partition coefficient (Wildman–Crippen LogP) is 6.62. The molecule has 26 heavy (non-hydrogen) atoms. The molecule has 0 aliphatic heterocycles. The lowest BCUT2D eigenvalue weighted by Crippen LogP contribution is -1.94. The molecule has 124 valence electrons. The molecule has 0 radical (unpaired) electrons. The summed E-state index contributed by atoms with van der Waals surface area (Å²) in [6.07, 6.45) is 0. The summed E-state index contributed by atoms with van der Waals surface area (Å²) in [6, 6.07) is 28.9. The standard InChI is InChI=1S/C24H17NO/c1-16-21(17-10-4-2-5-11-17)23(18-12-6-3-7-13-18)25-24-22(16)19-14-8-9-15-20(19)26-24/h2-15H,1H3. The highest BCUT2D eigenvalue weighted by atomic mass is 16.3. The minimum atomic E-state index is 0.697. The molecule has 0 aliphatic carbocycles. The van der Waals surface area contributed by atoms with Gasteiger partial charge in [0.15, 0.2) is 0 Å². The summed E-state index contributed by atoms with van der Waals surface area (Å²) in [5, 5.41) is 2.21. The van der Waals surface area contributed by atoms with E-state index < -0.39 is 0 Å². The molecule has 2 heterocycles. The van der Waals surface area contributed by atoms with Crippen LogP contribution >= 0.6 is 0 Å². The number of aryl methyl sites for hydroxylation is 1. The van der Waals surface area contributed by atoms with Gasteiger partial charge in [0.25, 0.3) is 0 Å². The molecule has 0 spiro atoms. The number of para-hydroxylation sites is 1. The van der Waals surface area contributed by atoms with E-state index in [1.807, 2.05) is 42.5 Å². The van der Waals surface area contributed by atoms with E-state index >= 15 is 0 Å². The van der Waals surface area contributed by atoms with Crippen molar-refractivity contribution in [2.75, 3.05) is 0 Å². The predicted molar refractivity (Wildman–Crippen MR) is 107 cm³/mol. The molecule has 0 fully saturated rings. The zero-order valence-corrected chi connectivity index (χ0v) is 14.4. The third kappa shape index (κ3) is 2.23. The molecule has 2 nitrogen and oxygen atoms in total. The quantitative estimate of drug-likeness (QED) is 0.362. The lowest BCUT2D eigenvalue weighted by molar-refractivity contribution is 0.654. The lowest BCUT2D eigenvalue weighted by Gasteiger charge is -2.13. The van der Waals surface area contributed by atoms with Gasteiger partial charge in [0.05, 0.1) is 11.1 Å². The SMILES string of the molecule is Cc1c(-c2ccccc2)c(-c2ccccc2)nc2oc3ccccc3c12. The van der Waals surface area contributed by atoms with Gasteiger partial charge in [-0.25, -0.2) is 4.98 Å². The van der Waals surface area contributed by atoms with Gasteiger partial charge in [-0.3, -0.25) is 0 Å². The fourth-order valence-electron chi connectivity index (χ4n) is 3.70. The number of pyridine rings is 1. The van der Waals surface area contributed by atoms with Crippen LogP contribution in [-0.2, 0) is 0 Å². The first-order valence-corrected chi connectivity index (χ1v) is 8.75. The minimum Gasteiger partial charge on any atom is -0.438 e. The van der Waals surface area contributed by atoms with Crippen LogP contribution in [0.25, 0.3) is 44.5 Å². The Balaban J connectivity index is 1.95. The second-order valence-electron chi connectivity index (χ2n) is 6.47. The van der Waals surface area contributed by atoms with Crippen LogP contribution in [0.1, 0.15) is 5.56 Å². The summed E-state index contributed by atoms with van der Waals surface area (Å²) in [6.45, 7) is 2.17. The lowest BCUT2D eigenvalue weighted by atomic mass is 9.93. The Morgan fingerprint density at radius 1 is 0.692 bits per heavy atom. The van der Waals surface area contributed by atoms with Gasteiger partial charge in [0.1, 0.15) is 5.58 Å². The number of aromatic nitrogens is 1. The van der Waals surface area contributed by atoms with Gasteiger partial charge in [-0.05, 0) is 24.1 Å². The second-order valence-corrected chi connectivity index (χ2v) is 6.47. The van der Waals surface area contributed by atoms with E-state index in [0.717, 1.165) is 33.2 Å². The highest BCUT2D eigenvalue weighted by molar-refractivity contribution is 6.09. The first-order valence-electron chi connectivity index (χ1n) is 8.75. The van der Waals surface area contributed by atoms with E-state index in [2.05, 4.69) is 49.4 Å². The number of hydrogen-bond acceptors (Lipinski definition) is 2. The van der Waals surface area contributed by atoms with Crippen LogP contribution in [0.4, 0.5) is 0 Å². The fraction of sp³-hybridized carbons (Fsp3) is 0.0417. The maximum absolute atomic E-state index is 6.08. The monoisotopic (exact) mass is 335 g/mol. The van der Waals surface area contributed by atoms with Gasteiger partial charge in [0, 0.05) is 16.5 Å². The van der Waals surface area contributed by atoms with Gasteiger partial charge in [-0.15, -0.1) is 0 Å². The third-order valence-electron chi connectivity index (χ3n) is 4.89. The molecule has 0 amide bonds. The first-order chi connectivity index (χ1) is 12.8. The Hall–Kier alpha value is -3.39. The molecule has 0 bridgehead atoms. The van der Waals surface area contributed by atoms with Crippen molar-refractivity contribution in [2.24, 2.45) is 0 Å². The Bertz CT molecular complexity index is 1220. The van der Waals surface area contributed by atoms with E-state index in [9.17, 15) is 0 Å². The molecule has 0 atom stereocenters. The van der Waals surface area contributed by atoms with Gasteiger partial charge in [0.2, 0.25) is 5.71 Å². The van der Waals surface area contributed by atoms with Gasteiger partial charge >= 0.3 is 0 Å².